The van der Waals surface area contributed by atoms with Gasteiger partial charge in [0.25, 0.3) is 0 Å². The number of rotatable bonds is 11. The quantitative estimate of drug-likeness (QED) is 0.359. The molecule has 0 bridgehead atoms. The summed E-state index contributed by atoms with van der Waals surface area (Å²) in [4.78, 5) is 40.9. The van der Waals surface area contributed by atoms with Crippen LogP contribution in [-0.4, -0.2) is 60.0 Å². The number of likely N-dealkylation sites (tertiary alicyclic amines) is 1. The number of hydrogen-bond donors (Lipinski definition) is 2. The van der Waals surface area contributed by atoms with Crippen LogP contribution in [0.1, 0.15) is 81.6 Å². The third-order valence-electron chi connectivity index (χ3n) is 6.64. The zero-order valence-corrected chi connectivity index (χ0v) is 22.2. The SMILES string of the molecule is CCOC(=O)/C(C)=C/[C@@H](NC(=O)[C@@H](NC(=O)[C@H]1CCCCN1C(C)C(C)C)C(C)C)C(C)C. The van der Waals surface area contributed by atoms with Crippen LogP contribution in [0.3, 0.4) is 0 Å². The lowest BCUT2D eigenvalue weighted by molar-refractivity contribution is -0.138. The monoisotopic (exact) mass is 465 g/mol. The van der Waals surface area contributed by atoms with Gasteiger partial charge in [-0.1, -0.05) is 54.0 Å². The fourth-order valence-corrected chi connectivity index (χ4v) is 4.13. The zero-order chi connectivity index (χ0) is 25.3. The number of ether oxygens (including phenoxy) is 1. The molecule has 0 saturated carbocycles. The molecule has 0 aromatic carbocycles. The highest BCUT2D eigenvalue weighted by atomic mass is 16.5. The van der Waals surface area contributed by atoms with Crippen LogP contribution >= 0.6 is 0 Å². The lowest BCUT2D eigenvalue weighted by Gasteiger charge is -2.41. The molecule has 2 N–H and O–H groups in total. The first kappa shape index (κ1) is 29.1. The maximum absolute atomic E-state index is 13.3. The number of carbonyl (C=O) groups is 3. The zero-order valence-electron chi connectivity index (χ0n) is 22.2. The maximum atomic E-state index is 13.3. The Kier molecular flexibility index (Phi) is 12.1. The van der Waals surface area contributed by atoms with Gasteiger partial charge in [0, 0.05) is 11.6 Å². The minimum atomic E-state index is -0.645. The van der Waals surface area contributed by atoms with E-state index in [1.165, 1.54) is 0 Å². The van der Waals surface area contributed by atoms with Crippen LogP contribution in [0.4, 0.5) is 0 Å². The minimum Gasteiger partial charge on any atom is -0.463 e. The first-order chi connectivity index (χ1) is 15.4. The number of piperidine rings is 1. The van der Waals surface area contributed by atoms with Crippen molar-refractivity contribution in [1.82, 2.24) is 15.5 Å². The number of carbonyl (C=O) groups excluding carboxylic acids is 3. The Morgan fingerprint density at radius 2 is 1.61 bits per heavy atom. The highest BCUT2D eigenvalue weighted by molar-refractivity contribution is 5.91. The van der Waals surface area contributed by atoms with Crippen LogP contribution in [0.25, 0.3) is 0 Å². The lowest BCUT2D eigenvalue weighted by atomic mass is 9.94. The van der Waals surface area contributed by atoms with Gasteiger partial charge in [-0.15, -0.1) is 0 Å². The van der Waals surface area contributed by atoms with E-state index in [9.17, 15) is 14.4 Å². The molecule has 7 heteroatoms. The molecule has 1 aliphatic rings. The summed E-state index contributed by atoms with van der Waals surface area (Å²) in [6, 6.07) is -0.897. The minimum absolute atomic E-state index is 0.0718. The molecule has 1 heterocycles. The van der Waals surface area contributed by atoms with E-state index in [-0.39, 0.29) is 41.7 Å². The van der Waals surface area contributed by atoms with E-state index < -0.39 is 6.04 Å². The summed E-state index contributed by atoms with van der Waals surface area (Å²) in [6.07, 6.45) is 4.67. The Morgan fingerprint density at radius 1 is 0.970 bits per heavy atom. The molecule has 7 nitrogen and oxygen atoms in total. The van der Waals surface area contributed by atoms with Crippen LogP contribution in [0, 0.1) is 17.8 Å². The van der Waals surface area contributed by atoms with Gasteiger partial charge < -0.3 is 15.4 Å². The molecule has 0 aromatic rings. The Balaban J connectivity index is 2.97. The molecule has 0 aliphatic carbocycles. The van der Waals surface area contributed by atoms with E-state index in [4.69, 9.17) is 4.74 Å². The molecule has 1 unspecified atom stereocenters. The van der Waals surface area contributed by atoms with Gasteiger partial charge in [-0.25, -0.2) is 4.79 Å². The lowest BCUT2D eigenvalue weighted by Crippen LogP contribution is -2.59. The molecule has 1 saturated heterocycles. The molecular formula is C26H47N3O4. The number of nitrogens with one attached hydrogen (secondary N) is 2. The molecule has 1 fully saturated rings. The molecule has 1 rings (SSSR count). The topological polar surface area (TPSA) is 87.7 Å². The van der Waals surface area contributed by atoms with Crippen molar-refractivity contribution in [2.24, 2.45) is 17.8 Å². The van der Waals surface area contributed by atoms with Crippen LogP contribution in [0.5, 0.6) is 0 Å². The molecule has 4 atom stereocenters. The van der Waals surface area contributed by atoms with Gasteiger partial charge in [-0.2, -0.15) is 0 Å². The number of amides is 2. The van der Waals surface area contributed by atoms with E-state index >= 15 is 0 Å². The summed E-state index contributed by atoms with van der Waals surface area (Å²) >= 11 is 0. The highest BCUT2D eigenvalue weighted by Gasteiger charge is 2.35. The van der Waals surface area contributed by atoms with Gasteiger partial charge in [-0.05, 0) is 57.9 Å². The van der Waals surface area contributed by atoms with Crippen LogP contribution in [-0.2, 0) is 19.1 Å². The van der Waals surface area contributed by atoms with Gasteiger partial charge in [0.05, 0.1) is 18.7 Å². The van der Waals surface area contributed by atoms with Crippen molar-refractivity contribution in [3.05, 3.63) is 11.6 Å². The predicted octanol–water partition coefficient (Wildman–Crippen LogP) is 3.68. The van der Waals surface area contributed by atoms with Gasteiger partial charge in [-0.3, -0.25) is 14.5 Å². The smallest absolute Gasteiger partial charge is 0.333 e. The summed E-state index contributed by atoms with van der Waals surface area (Å²) < 4.78 is 5.06. The Morgan fingerprint density at radius 3 is 2.12 bits per heavy atom. The fraction of sp³-hybridized carbons (Fsp3) is 0.808. The van der Waals surface area contributed by atoms with Crippen molar-refractivity contribution in [2.45, 2.75) is 106 Å². The molecule has 1 aliphatic heterocycles. The summed E-state index contributed by atoms with van der Waals surface area (Å²) in [6.45, 7) is 19.0. The largest absolute Gasteiger partial charge is 0.463 e. The average Bonchev–Trinajstić information content (AvgIpc) is 2.75. The summed E-state index contributed by atoms with van der Waals surface area (Å²) in [5.41, 5.74) is 0.460. The van der Waals surface area contributed by atoms with Gasteiger partial charge in [0.2, 0.25) is 11.8 Å². The third-order valence-corrected chi connectivity index (χ3v) is 6.64. The van der Waals surface area contributed by atoms with E-state index in [1.54, 1.807) is 19.9 Å². The van der Waals surface area contributed by atoms with E-state index in [0.29, 0.717) is 24.1 Å². The first-order valence-electron chi connectivity index (χ1n) is 12.6. The second-order valence-corrected chi connectivity index (χ2v) is 10.3. The van der Waals surface area contributed by atoms with Crippen molar-refractivity contribution in [2.75, 3.05) is 13.2 Å². The standard InChI is InChI=1S/C26H47N3O4/c1-10-33-26(32)19(8)15-21(17(4)5)27-25(31)23(18(6)7)28-24(30)22-13-11-12-14-29(22)20(9)16(2)3/h15-18,20-23H,10-14H2,1-9H3,(H,27,31)(H,28,30)/b19-15+/t20?,21-,22-,23+/m1/s1. The molecule has 0 spiro atoms. The Bertz CT molecular complexity index is 687. The second kappa shape index (κ2) is 13.7. The summed E-state index contributed by atoms with van der Waals surface area (Å²) in [5, 5.41) is 6.08. The first-order valence-corrected chi connectivity index (χ1v) is 12.6. The van der Waals surface area contributed by atoms with Crippen molar-refractivity contribution in [1.29, 1.82) is 0 Å². The second-order valence-electron chi connectivity index (χ2n) is 10.3. The molecule has 33 heavy (non-hydrogen) atoms. The van der Waals surface area contributed by atoms with Crippen molar-refractivity contribution in [3.63, 3.8) is 0 Å². The predicted molar refractivity (Wildman–Crippen MR) is 133 cm³/mol. The third kappa shape index (κ3) is 8.76. The van der Waals surface area contributed by atoms with Crippen molar-refractivity contribution in [3.8, 4) is 0 Å². The van der Waals surface area contributed by atoms with E-state index in [0.717, 1.165) is 25.8 Å². The van der Waals surface area contributed by atoms with E-state index in [1.807, 2.05) is 27.7 Å². The summed E-state index contributed by atoms with van der Waals surface area (Å²) in [5.74, 6) is -0.245. The Hall–Kier alpha value is -1.89. The Labute approximate surface area is 201 Å². The number of nitrogens with zero attached hydrogens (tertiary/aromatic N) is 1. The van der Waals surface area contributed by atoms with E-state index in [2.05, 4.69) is 36.3 Å². The maximum Gasteiger partial charge on any atom is 0.333 e. The van der Waals surface area contributed by atoms with Gasteiger partial charge >= 0.3 is 5.97 Å². The van der Waals surface area contributed by atoms with Crippen LogP contribution in [0.2, 0.25) is 0 Å². The van der Waals surface area contributed by atoms with Crippen LogP contribution < -0.4 is 10.6 Å². The van der Waals surface area contributed by atoms with Gasteiger partial charge in [0.1, 0.15) is 6.04 Å². The average molecular weight is 466 g/mol. The number of esters is 1. The van der Waals surface area contributed by atoms with Crippen LogP contribution in [0.15, 0.2) is 11.6 Å². The molecule has 0 aromatic heterocycles. The molecule has 2 amide bonds. The highest BCUT2D eigenvalue weighted by Crippen LogP contribution is 2.23. The normalized spacial score (nSPS) is 20.5. The van der Waals surface area contributed by atoms with Gasteiger partial charge in [0.15, 0.2) is 0 Å². The van der Waals surface area contributed by atoms with Crippen molar-refractivity contribution < 1.29 is 19.1 Å². The fourth-order valence-electron chi connectivity index (χ4n) is 4.13. The van der Waals surface area contributed by atoms with Crippen molar-refractivity contribution >= 4 is 17.8 Å². The number of hydrogen-bond acceptors (Lipinski definition) is 5. The molecule has 0 radical (unpaired) electrons. The molecule has 190 valence electrons. The molecular weight excluding hydrogens is 418 g/mol. The summed E-state index contributed by atoms with van der Waals surface area (Å²) in [7, 11) is 0.